The van der Waals surface area contributed by atoms with Crippen LogP contribution in [0.15, 0.2) is 12.7 Å². The van der Waals surface area contributed by atoms with Crippen molar-refractivity contribution in [2.75, 3.05) is 19.6 Å². The molecule has 1 N–H and O–H groups in total. The maximum absolute atomic E-state index is 11.9. The molecule has 0 saturated heterocycles. The summed E-state index contributed by atoms with van der Waals surface area (Å²) in [7, 11) is 0. The maximum atomic E-state index is 11.9. The molecule has 0 fully saturated rings. The largest absolute Gasteiger partial charge is 0.544 e. The Morgan fingerprint density at radius 3 is 2.04 bits per heavy atom. The average molecular weight is 370 g/mol. The predicted molar refractivity (Wildman–Crippen MR) is 108 cm³/mol. The highest BCUT2D eigenvalue weighted by molar-refractivity contribution is 5.69. The molecule has 0 saturated carbocycles. The molecule has 26 heavy (non-hydrogen) atoms. The monoisotopic (exact) mass is 369 g/mol. The van der Waals surface area contributed by atoms with Crippen molar-refractivity contribution in [3.63, 3.8) is 0 Å². The third-order valence-corrected chi connectivity index (χ3v) is 5.50. The van der Waals surface area contributed by atoms with Crippen molar-refractivity contribution in [1.82, 2.24) is 0 Å². The van der Waals surface area contributed by atoms with Gasteiger partial charge in [0.2, 0.25) is 0 Å². The van der Waals surface area contributed by atoms with Crippen LogP contribution in [0.2, 0.25) is 0 Å². The number of carbonyl (C=O) groups excluding carboxylic acids is 1. The number of carboxylic acids is 1. The zero-order valence-electron chi connectivity index (χ0n) is 17.5. The van der Waals surface area contributed by atoms with E-state index in [9.17, 15) is 15.0 Å². The molecular formula is C22H43NO3. The van der Waals surface area contributed by atoms with Crippen LogP contribution in [0.5, 0.6) is 0 Å². The first kappa shape index (κ1) is 25.1. The molecule has 0 aliphatic rings. The van der Waals surface area contributed by atoms with E-state index in [1.165, 1.54) is 0 Å². The van der Waals surface area contributed by atoms with E-state index in [1.54, 1.807) is 0 Å². The molecule has 0 aromatic carbocycles. The van der Waals surface area contributed by atoms with Gasteiger partial charge >= 0.3 is 0 Å². The van der Waals surface area contributed by atoms with E-state index in [0.717, 1.165) is 77.3 Å². The van der Waals surface area contributed by atoms with Crippen LogP contribution in [0.3, 0.4) is 0 Å². The summed E-state index contributed by atoms with van der Waals surface area (Å²) in [6.07, 6.45) is 12.2. The molecule has 4 heteroatoms. The van der Waals surface area contributed by atoms with E-state index in [-0.39, 0.29) is 0 Å². The standard InChI is InChI=1S/C22H43NO3/c1-5-9-12-13-16-20(24)19-23(17-14-10-6-2,18-15-11-7-3)21(8-4)22(25)26/h5,20-21,24H,1,6-19H2,2-4H3. The summed E-state index contributed by atoms with van der Waals surface area (Å²) in [6, 6.07) is -0.522. The molecule has 0 spiro atoms. The Morgan fingerprint density at radius 2 is 1.62 bits per heavy atom. The van der Waals surface area contributed by atoms with Gasteiger partial charge in [-0.3, -0.25) is 0 Å². The topological polar surface area (TPSA) is 60.4 Å². The van der Waals surface area contributed by atoms with Crippen molar-refractivity contribution < 1.29 is 19.5 Å². The van der Waals surface area contributed by atoms with Gasteiger partial charge in [-0.1, -0.05) is 46.1 Å². The first-order valence-corrected chi connectivity index (χ1v) is 10.8. The number of allylic oxidation sites excluding steroid dienone is 1. The van der Waals surface area contributed by atoms with Crippen molar-refractivity contribution in [2.45, 2.75) is 104 Å². The Bertz CT molecular complexity index is 360. The highest BCUT2D eigenvalue weighted by Gasteiger charge is 2.37. The van der Waals surface area contributed by atoms with Gasteiger partial charge in [0.25, 0.3) is 0 Å². The Morgan fingerprint density at radius 1 is 1.04 bits per heavy atom. The van der Waals surface area contributed by atoms with Crippen molar-refractivity contribution >= 4 is 5.97 Å². The SMILES string of the molecule is C=CCCCCC(O)C[N+](CCCCC)(CCCCC)C(CC)C(=O)[O-]. The zero-order chi connectivity index (χ0) is 19.8. The average Bonchev–Trinajstić information content (AvgIpc) is 2.59. The molecule has 0 radical (unpaired) electrons. The first-order chi connectivity index (χ1) is 12.5. The molecule has 2 atom stereocenters. The number of rotatable bonds is 18. The molecule has 0 aliphatic heterocycles. The van der Waals surface area contributed by atoms with E-state index in [2.05, 4.69) is 20.4 Å². The molecule has 2 unspecified atom stereocenters. The van der Waals surface area contributed by atoms with Gasteiger partial charge in [0.1, 0.15) is 18.7 Å². The summed E-state index contributed by atoms with van der Waals surface area (Å²) in [4.78, 5) is 11.9. The number of carbonyl (C=O) groups is 1. The number of hydrogen-bond donors (Lipinski definition) is 1. The van der Waals surface area contributed by atoms with Crippen molar-refractivity contribution in [3.05, 3.63) is 12.7 Å². The number of unbranched alkanes of at least 4 members (excludes halogenated alkanes) is 6. The zero-order valence-corrected chi connectivity index (χ0v) is 17.5. The highest BCUT2D eigenvalue weighted by atomic mass is 16.4. The van der Waals surface area contributed by atoms with Crippen LogP contribution >= 0.6 is 0 Å². The minimum Gasteiger partial charge on any atom is -0.544 e. The fourth-order valence-electron chi connectivity index (χ4n) is 4.04. The van der Waals surface area contributed by atoms with Gasteiger partial charge in [0, 0.05) is 6.42 Å². The Balaban J connectivity index is 5.23. The molecular weight excluding hydrogens is 326 g/mol. The molecule has 0 heterocycles. The van der Waals surface area contributed by atoms with Crippen molar-refractivity contribution in [2.24, 2.45) is 0 Å². The van der Waals surface area contributed by atoms with E-state index in [1.807, 2.05) is 13.0 Å². The number of aliphatic hydroxyl groups is 1. The molecule has 0 aromatic heterocycles. The van der Waals surface area contributed by atoms with Gasteiger partial charge in [-0.25, -0.2) is 0 Å². The number of carboxylic acid groups (broad SMARTS) is 1. The van der Waals surface area contributed by atoms with Gasteiger partial charge in [-0.15, -0.1) is 6.58 Å². The molecule has 154 valence electrons. The number of quaternary nitrogens is 1. The lowest BCUT2D eigenvalue weighted by Crippen LogP contribution is -2.64. The minimum absolute atomic E-state index is 0.448. The van der Waals surface area contributed by atoms with Crippen LogP contribution < -0.4 is 5.11 Å². The molecule has 0 amide bonds. The van der Waals surface area contributed by atoms with Gasteiger partial charge in [0.15, 0.2) is 0 Å². The second-order valence-corrected chi connectivity index (χ2v) is 7.73. The second-order valence-electron chi connectivity index (χ2n) is 7.73. The number of nitrogens with zero attached hydrogens (tertiary/aromatic N) is 1. The van der Waals surface area contributed by atoms with Crippen LogP contribution in [-0.2, 0) is 4.79 Å². The quantitative estimate of drug-likeness (QED) is 0.227. The van der Waals surface area contributed by atoms with Crippen LogP contribution in [0, 0.1) is 0 Å². The first-order valence-electron chi connectivity index (χ1n) is 10.8. The van der Waals surface area contributed by atoms with Crippen LogP contribution in [0.4, 0.5) is 0 Å². The number of aliphatic carboxylic acids is 1. The molecule has 4 nitrogen and oxygen atoms in total. The van der Waals surface area contributed by atoms with E-state index < -0.39 is 18.1 Å². The highest BCUT2D eigenvalue weighted by Crippen LogP contribution is 2.23. The number of aliphatic hydroxyl groups excluding tert-OH is 1. The maximum Gasteiger partial charge on any atom is 0.129 e. The smallest absolute Gasteiger partial charge is 0.129 e. The molecule has 0 bridgehead atoms. The lowest BCUT2D eigenvalue weighted by atomic mass is 10.0. The van der Waals surface area contributed by atoms with E-state index >= 15 is 0 Å². The van der Waals surface area contributed by atoms with Crippen LogP contribution in [0.1, 0.15) is 91.4 Å². The minimum atomic E-state index is -0.959. The number of hydrogen-bond acceptors (Lipinski definition) is 3. The van der Waals surface area contributed by atoms with Crippen LogP contribution in [0.25, 0.3) is 0 Å². The van der Waals surface area contributed by atoms with Gasteiger partial charge in [-0.05, 0) is 44.9 Å². The fraction of sp³-hybridized carbons (Fsp3) is 0.864. The summed E-state index contributed by atoms with van der Waals surface area (Å²) < 4.78 is 0.488. The molecule has 0 aromatic rings. The Hall–Kier alpha value is -0.870. The van der Waals surface area contributed by atoms with Gasteiger partial charge < -0.3 is 19.5 Å². The summed E-state index contributed by atoms with van der Waals surface area (Å²) in [6.45, 7) is 12.2. The van der Waals surface area contributed by atoms with E-state index in [4.69, 9.17) is 0 Å². The Labute approximate surface area is 161 Å². The van der Waals surface area contributed by atoms with Crippen LogP contribution in [-0.4, -0.2) is 47.3 Å². The normalized spacial score (nSPS) is 14.2. The second kappa shape index (κ2) is 15.2. The lowest BCUT2D eigenvalue weighted by molar-refractivity contribution is -0.948. The summed E-state index contributed by atoms with van der Waals surface area (Å²) in [5.74, 6) is -0.959. The molecule has 0 aliphatic carbocycles. The summed E-state index contributed by atoms with van der Waals surface area (Å²) in [5, 5.41) is 22.6. The van der Waals surface area contributed by atoms with Crippen molar-refractivity contribution in [3.8, 4) is 0 Å². The third kappa shape index (κ3) is 9.72. The fourth-order valence-corrected chi connectivity index (χ4v) is 4.04. The Kier molecular flexibility index (Phi) is 14.7. The lowest BCUT2D eigenvalue weighted by Gasteiger charge is -2.46. The van der Waals surface area contributed by atoms with E-state index in [0.29, 0.717) is 17.4 Å². The van der Waals surface area contributed by atoms with Gasteiger partial charge in [0.05, 0.1) is 19.1 Å². The predicted octanol–water partition coefficient (Wildman–Crippen LogP) is 3.82. The van der Waals surface area contributed by atoms with Gasteiger partial charge in [-0.2, -0.15) is 0 Å². The summed E-state index contributed by atoms with van der Waals surface area (Å²) >= 11 is 0. The third-order valence-electron chi connectivity index (χ3n) is 5.50. The van der Waals surface area contributed by atoms with Crippen molar-refractivity contribution in [1.29, 1.82) is 0 Å². The molecule has 0 rings (SSSR count). The summed E-state index contributed by atoms with van der Waals surface area (Å²) in [5.41, 5.74) is 0.